The topological polar surface area (TPSA) is 130 Å². The Morgan fingerprint density at radius 3 is 2.93 bits per heavy atom. The number of H-pyrrole nitrogens is 1. The quantitative estimate of drug-likeness (QED) is 0.460. The van der Waals surface area contributed by atoms with Gasteiger partial charge >= 0.3 is 0 Å². The fraction of sp³-hybridized carbons (Fsp3) is 0.471. The minimum atomic E-state index is -0.529. The summed E-state index contributed by atoms with van der Waals surface area (Å²) in [4.78, 5) is 27.9. The molecule has 0 radical (unpaired) electrons. The Labute approximate surface area is 170 Å². The minimum Gasteiger partial charge on any atom is -0.341 e. The van der Waals surface area contributed by atoms with E-state index in [4.69, 9.17) is 5.73 Å². The first-order valence-electron chi connectivity index (χ1n) is 8.86. The Hall–Kier alpha value is -2.11. The van der Waals surface area contributed by atoms with Crippen molar-refractivity contribution < 1.29 is 9.59 Å². The lowest BCUT2D eigenvalue weighted by molar-refractivity contribution is -0.151. The number of tetrazole rings is 1. The van der Waals surface area contributed by atoms with Crippen LogP contribution in [0.2, 0.25) is 0 Å². The van der Waals surface area contributed by atoms with Crippen molar-refractivity contribution in [3.8, 4) is 0 Å². The van der Waals surface area contributed by atoms with E-state index < -0.39 is 6.04 Å². The smallest absolute Gasteiger partial charge is 0.249 e. The molecule has 3 atom stereocenters. The largest absolute Gasteiger partial charge is 0.341 e. The summed E-state index contributed by atoms with van der Waals surface area (Å²) in [5.41, 5.74) is 6.74. The summed E-state index contributed by atoms with van der Waals surface area (Å²) in [7, 11) is 0. The van der Waals surface area contributed by atoms with E-state index in [2.05, 4.69) is 25.9 Å². The number of aromatic amines is 1. The number of hydrogen-bond donors (Lipinski definition) is 3. The summed E-state index contributed by atoms with van der Waals surface area (Å²) < 4.78 is -0.279. The van der Waals surface area contributed by atoms with Crippen LogP contribution in [0.25, 0.3) is 0 Å². The van der Waals surface area contributed by atoms with Gasteiger partial charge in [-0.2, -0.15) is 5.21 Å². The molecule has 28 heavy (non-hydrogen) atoms. The molecule has 0 aliphatic carbocycles. The van der Waals surface area contributed by atoms with Gasteiger partial charge in [-0.3, -0.25) is 9.59 Å². The van der Waals surface area contributed by atoms with E-state index in [1.54, 1.807) is 16.7 Å². The van der Waals surface area contributed by atoms with Crippen molar-refractivity contribution in [1.29, 1.82) is 0 Å². The first-order chi connectivity index (χ1) is 13.4. The number of amides is 2. The summed E-state index contributed by atoms with van der Waals surface area (Å²) in [6, 6.07) is 6.94. The third kappa shape index (κ3) is 3.27. The highest BCUT2D eigenvalue weighted by atomic mass is 32.2. The van der Waals surface area contributed by atoms with Crippen LogP contribution in [-0.2, 0) is 16.1 Å². The Morgan fingerprint density at radius 1 is 1.43 bits per heavy atom. The van der Waals surface area contributed by atoms with Crippen molar-refractivity contribution in [2.24, 2.45) is 5.73 Å². The van der Waals surface area contributed by atoms with Crippen molar-refractivity contribution in [1.82, 2.24) is 30.8 Å². The maximum Gasteiger partial charge on any atom is 0.249 e. The molecule has 4 rings (SSSR count). The molecule has 9 nitrogen and oxygen atoms in total. The van der Waals surface area contributed by atoms with Crippen LogP contribution < -0.4 is 11.1 Å². The van der Waals surface area contributed by atoms with E-state index in [0.29, 0.717) is 12.4 Å². The molecule has 2 aromatic rings. The zero-order valence-corrected chi connectivity index (χ0v) is 17.1. The van der Waals surface area contributed by atoms with E-state index in [-0.39, 0.29) is 33.7 Å². The number of fused-ring (bicyclic) bond motifs is 1. The molecule has 1 aromatic carbocycles. The average molecular weight is 420 g/mol. The second kappa shape index (κ2) is 7.37. The molecule has 148 valence electrons. The van der Waals surface area contributed by atoms with Crippen LogP contribution in [0, 0.1) is 0 Å². The average Bonchev–Trinajstić information content (AvgIpc) is 3.28. The Kier molecular flexibility index (Phi) is 5.06. The fourth-order valence-electron chi connectivity index (χ4n) is 3.62. The normalized spacial score (nSPS) is 25.3. The first-order valence-corrected chi connectivity index (χ1v) is 10.7. The van der Waals surface area contributed by atoms with Crippen molar-refractivity contribution in [3.05, 3.63) is 35.7 Å². The van der Waals surface area contributed by atoms with Gasteiger partial charge in [-0.25, -0.2) is 0 Å². The molecule has 2 aliphatic heterocycles. The van der Waals surface area contributed by atoms with E-state index in [0.717, 1.165) is 10.5 Å². The molecule has 0 saturated carbocycles. The van der Waals surface area contributed by atoms with Gasteiger partial charge in [-0.05, 0) is 25.5 Å². The number of nitrogens with one attached hydrogen (secondary N) is 2. The van der Waals surface area contributed by atoms with Crippen LogP contribution in [0.3, 0.4) is 0 Å². The van der Waals surface area contributed by atoms with Gasteiger partial charge in [0.05, 0.1) is 5.75 Å². The molecular weight excluding hydrogens is 398 g/mol. The number of nitrogens with two attached hydrogens (primary N) is 1. The Morgan fingerprint density at radius 2 is 2.21 bits per heavy atom. The van der Waals surface area contributed by atoms with Crippen molar-refractivity contribution in [2.75, 3.05) is 5.75 Å². The minimum absolute atomic E-state index is 0.112. The molecule has 4 N–H and O–H groups in total. The lowest BCUT2D eigenvalue weighted by Crippen LogP contribution is -2.68. The number of benzene rings is 1. The molecule has 2 saturated heterocycles. The van der Waals surface area contributed by atoms with E-state index in [9.17, 15) is 9.59 Å². The Bertz CT molecular complexity index is 889. The summed E-state index contributed by atoms with van der Waals surface area (Å²) >= 11 is 3.07. The summed E-state index contributed by atoms with van der Waals surface area (Å²) in [5.74, 6) is 0.442. The third-order valence-corrected chi connectivity index (χ3v) is 7.60. The molecule has 2 amide bonds. The highest BCUT2D eigenvalue weighted by Gasteiger charge is 2.63. The van der Waals surface area contributed by atoms with Crippen LogP contribution in [0.5, 0.6) is 0 Å². The number of thioether (sulfide) groups is 2. The standard InChI is InChI=1S/C17H21N7O2S2/c1-17(2)13(14-20-22-23-21-14)24-15(26)12(16(24)28-17)19-11(25)8-27-10-6-4-3-5-9(10)7-18/h3-6,12-13,16H,7-8,18H2,1-2H3,(H,19,25)(H,20,21,22,23). The van der Waals surface area contributed by atoms with Gasteiger partial charge in [-0.1, -0.05) is 23.4 Å². The Balaban J connectivity index is 1.39. The van der Waals surface area contributed by atoms with Crippen molar-refractivity contribution in [2.45, 2.75) is 47.5 Å². The van der Waals surface area contributed by atoms with Gasteiger partial charge in [0.2, 0.25) is 11.8 Å². The molecule has 1 aromatic heterocycles. The zero-order valence-electron chi connectivity index (χ0n) is 15.5. The maximum atomic E-state index is 12.7. The monoisotopic (exact) mass is 419 g/mol. The fourth-order valence-corrected chi connectivity index (χ4v) is 6.13. The van der Waals surface area contributed by atoms with E-state index >= 15 is 0 Å². The molecule has 0 spiro atoms. The van der Waals surface area contributed by atoms with E-state index in [1.165, 1.54) is 11.8 Å². The lowest BCUT2D eigenvalue weighted by atomic mass is 9.95. The van der Waals surface area contributed by atoms with E-state index in [1.807, 2.05) is 38.1 Å². The van der Waals surface area contributed by atoms with Crippen molar-refractivity contribution >= 4 is 35.3 Å². The molecule has 2 aliphatic rings. The SMILES string of the molecule is CC1(C)SC2C(NC(=O)CSc3ccccc3CN)C(=O)N2C1c1nn[nH]n1. The highest BCUT2D eigenvalue weighted by Crippen LogP contribution is 2.56. The van der Waals surface area contributed by atoms with Crippen LogP contribution >= 0.6 is 23.5 Å². The van der Waals surface area contributed by atoms with Crippen LogP contribution in [0.1, 0.15) is 31.3 Å². The first kappa shape index (κ1) is 19.2. The van der Waals surface area contributed by atoms with Gasteiger partial charge in [0, 0.05) is 16.2 Å². The molecule has 11 heteroatoms. The van der Waals surface area contributed by atoms with Crippen LogP contribution in [0.15, 0.2) is 29.2 Å². The number of carbonyl (C=O) groups excluding carboxylic acids is 2. The van der Waals surface area contributed by atoms with Gasteiger partial charge in [0.1, 0.15) is 17.5 Å². The van der Waals surface area contributed by atoms with Gasteiger partial charge < -0.3 is 16.0 Å². The molecule has 3 heterocycles. The number of hydrogen-bond acceptors (Lipinski definition) is 8. The molecule has 2 fully saturated rings. The van der Waals surface area contributed by atoms with Gasteiger partial charge in [0.15, 0.2) is 5.82 Å². The molecule has 3 unspecified atom stereocenters. The second-order valence-corrected chi connectivity index (χ2v) is 9.96. The third-order valence-electron chi connectivity index (χ3n) is 4.92. The highest BCUT2D eigenvalue weighted by molar-refractivity contribution is 8.01. The second-order valence-electron chi connectivity index (χ2n) is 7.18. The van der Waals surface area contributed by atoms with Gasteiger partial charge in [-0.15, -0.1) is 33.7 Å². The predicted octanol–water partition coefficient (Wildman–Crippen LogP) is 0.670. The molecule has 0 bridgehead atoms. The van der Waals surface area contributed by atoms with Crippen LogP contribution in [0.4, 0.5) is 0 Å². The summed E-state index contributed by atoms with van der Waals surface area (Å²) in [6.07, 6.45) is 0. The number of carbonyl (C=O) groups is 2. The summed E-state index contributed by atoms with van der Waals surface area (Å²) in [6.45, 7) is 4.51. The number of rotatable bonds is 6. The predicted molar refractivity (Wildman–Crippen MR) is 106 cm³/mol. The van der Waals surface area contributed by atoms with Crippen molar-refractivity contribution in [3.63, 3.8) is 0 Å². The number of β-lactam (4-membered cyclic amide) rings is 1. The number of aromatic nitrogens is 4. The van der Waals surface area contributed by atoms with Crippen LogP contribution in [-0.4, -0.2) is 59.3 Å². The van der Waals surface area contributed by atoms with Gasteiger partial charge in [0.25, 0.3) is 0 Å². The number of nitrogens with zero attached hydrogens (tertiary/aromatic N) is 4. The summed E-state index contributed by atoms with van der Waals surface area (Å²) in [5, 5.41) is 16.9. The zero-order chi connectivity index (χ0) is 19.9. The molecular formula is C17H21N7O2S2. The lowest BCUT2D eigenvalue weighted by Gasteiger charge is -2.44. The maximum absolute atomic E-state index is 12.7.